The van der Waals surface area contributed by atoms with Gasteiger partial charge < -0.3 is 10.4 Å². The van der Waals surface area contributed by atoms with E-state index in [0.29, 0.717) is 16.5 Å². The molecule has 1 unspecified atom stereocenters. The normalized spacial score (nSPS) is 12.0. The van der Waals surface area contributed by atoms with Crippen LogP contribution in [0.5, 0.6) is 0 Å². The first-order chi connectivity index (χ1) is 10.7. The number of non-ortho nitro benzene ring substituents is 1. The Morgan fingerprint density at radius 1 is 1.39 bits per heavy atom. The number of amides is 1. The predicted molar refractivity (Wildman–Crippen MR) is 88.1 cm³/mol. The van der Waals surface area contributed by atoms with Crippen LogP contribution in [-0.4, -0.2) is 28.5 Å². The minimum Gasteiger partial charge on any atom is -0.481 e. The summed E-state index contributed by atoms with van der Waals surface area (Å²) in [5, 5.41) is 22.4. The number of halogens is 1. The van der Waals surface area contributed by atoms with Crippen molar-refractivity contribution in [2.75, 3.05) is 6.54 Å². The lowest BCUT2D eigenvalue weighted by Gasteiger charge is -2.15. The fraction of sp³-hybridized carbons (Fsp3) is 0.467. The molecule has 126 valence electrons. The van der Waals surface area contributed by atoms with Gasteiger partial charge in [-0.15, -0.1) is 0 Å². The van der Waals surface area contributed by atoms with Crippen LogP contribution in [0.2, 0.25) is 0 Å². The topological polar surface area (TPSA) is 110 Å². The number of aliphatic carboxylic acids is 1. The van der Waals surface area contributed by atoms with Gasteiger partial charge in [0, 0.05) is 23.2 Å². The number of nitrogens with zero attached hydrogens (tertiary/aromatic N) is 1. The zero-order valence-electron chi connectivity index (χ0n) is 12.9. The van der Waals surface area contributed by atoms with Crippen molar-refractivity contribution in [3.8, 4) is 0 Å². The fourth-order valence-electron chi connectivity index (χ4n) is 2.11. The molecule has 0 fully saturated rings. The fourth-order valence-corrected chi connectivity index (χ4v) is 2.61. The molecule has 0 spiro atoms. The number of carbonyl (C=O) groups is 2. The summed E-state index contributed by atoms with van der Waals surface area (Å²) in [6.07, 6.45) is 0.503. The molecule has 1 amide bonds. The number of nitro groups is 1. The van der Waals surface area contributed by atoms with Gasteiger partial charge in [-0.05, 0) is 17.9 Å². The monoisotopic (exact) mass is 386 g/mol. The number of nitro benzene ring substituents is 1. The molecule has 0 aliphatic rings. The number of carbonyl (C=O) groups excluding carboxylic acids is 1. The summed E-state index contributed by atoms with van der Waals surface area (Å²) in [5.41, 5.74) is 0.535. The summed E-state index contributed by atoms with van der Waals surface area (Å²) in [7, 11) is 0. The third kappa shape index (κ3) is 6.35. The van der Waals surface area contributed by atoms with Gasteiger partial charge in [0.25, 0.3) is 5.69 Å². The molecule has 7 nitrogen and oxygen atoms in total. The van der Waals surface area contributed by atoms with Gasteiger partial charge in [-0.2, -0.15) is 0 Å². The Kier molecular flexibility index (Phi) is 7.15. The smallest absolute Gasteiger partial charge is 0.308 e. The maximum absolute atomic E-state index is 11.9. The zero-order valence-corrected chi connectivity index (χ0v) is 14.5. The average Bonchev–Trinajstić information content (AvgIpc) is 2.44. The number of hydrogen-bond acceptors (Lipinski definition) is 4. The Morgan fingerprint density at radius 2 is 2.04 bits per heavy atom. The molecule has 1 atom stereocenters. The van der Waals surface area contributed by atoms with Crippen molar-refractivity contribution in [2.24, 2.45) is 11.8 Å². The van der Waals surface area contributed by atoms with Crippen LogP contribution in [0.3, 0.4) is 0 Å². The molecule has 1 rings (SSSR count). The molecule has 1 aromatic rings. The Labute approximate surface area is 142 Å². The van der Waals surface area contributed by atoms with Gasteiger partial charge in [0.2, 0.25) is 5.91 Å². The van der Waals surface area contributed by atoms with Gasteiger partial charge in [-0.1, -0.05) is 35.8 Å². The Bertz CT molecular complexity index is 604. The number of hydrogen-bond donors (Lipinski definition) is 2. The molecule has 0 aromatic heterocycles. The van der Waals surface area contributed by atoms with Crippen LogP contribution in [0.25, 0.3) is 0 Å². The van der Waals surface area contributed by atoms with Crippen molar-refractivity contribution in [2.45, 2.75) is 26.7 Å². The van der Waals surface area contributed by atoms with E-state index < -0.39 is 16.8 Å². The number of benzene rings is 1. The van der Waals surface area contributed by atoms with Crippen molar-refractivity contribution in [3.05, 3.63) is 38.3 Å². The third-order valence-corrected chi connectivity index (χ3v) is 3.99. The van der Waals surface area contributed by atoms with Crippen molar-refractivity contribution in [3.63, 3.8) is 0 Å². The Morgan fingerprint density at radius 3 is 2.52 bits per heavy atom. The summed E-state index contributed by atoms with van der Waals surface area (Å²) in [6, 6.07) is 4.16. The van der Waals surface area contributed by atoms with Gasteiger partial charge in [0.15, 0.2) is 0 Å². The van der Waals surface area contributed by atoms with E-state index in [9.17, 15) is 19.7 Å². The molecule has 0 saturated carbocycles. The van der Waals surface area contributed by atoms with E-state index in [4.69, 9.17) is 5.11 Å². The van der Waals surface area contributed by atoms with E-state index in [-0.39, 0.29) is 30.5 Å². The molecule has 1 aromatic carbocycles. The van der Waals surface area contributed by atoms with Crippen LogP contribution in [0.15, 0.2) is 22.7 Å². The SMILES string of the molecule is CC(C)CC(CNC(=O)Cc1ccc([N+](=O)[O-])cc1Br)C(=O)O. The largest absolute Gasteiger partial charge is 0.481 e. The second-order valence-corrected chi connectivity index (χ2v) is 6.53. The summed E-state index contributed by atoms with van der Waals surface area (Å²) < 4.78 is 0.471. The maximum Gasteiger partial charge on any atom is 0.308 e. The summed E-state index contributed by atoms with van der Waals surface area (Å²) in [6.45, 7) is 3.91. The van der Waals surface area contributed by atoms with Crippen LogP contribution in [0.4, 0.5) is 5.69 Å². The highest BCUT2D eigenvalue weighted by Gasteiger charge is 2.20. The minimum atomic E-state index is -0.935. The lowest BCUT2D eigenvalue weighted by atomic mass is 9.97. The molecular weight excluding hydrogens is 368 g/mol. The van der Waals surface area contributed by atoms with Crippen LogP contribution >= 0.6 is 15.9 Å². The Hall–Kier alpha value is -1.96. The van der Waals surface area contributed by atoms with E-state index in [2.05, 4.69) is 21.2 Å². The molecule has 0 aliphatic carbocycles. The standard InChI is InChI=1S/C15H19BrN2O5/c1-9(2)5-11(15(20)21)8-17-14(19)6-10-3-4-12(18(22)23)7-13(10)16/h3-4,7,9,11H,5-6,8H2,1-2H3,(H,17,19)(H,20,21). The van der Waals surface area contributed by atoms with Crippen LogP contribution in [0.1, 0.15) is 25.8 Å². The average molecular weight is 387 g/mol. The molecule has 0 aliphatic heterocycles. The molecule has 2 N–H and O–H groups in total. The van der Waals surface area contributed by atoms with Crippen LogP contribution in [-0.2, 0) is 16.0 Å². The first kappa shape index (κ1) is 19.1. The van der Waals surface area contributed by atoms with Crippen molar-refractivity contribution in [1.29, 1.82) is 0 Å². The van der Waals surface area contributed by atoms with Gasteiger partial charge >= 0.3 is 5.97 Å². The van der Waals surface area contributed by atoms with E-state index in [1.54, 1.807) is 0 Å². The van der Waals surface area contributed by atoms with E-state index in [1.807, 2.05) is 13.8 Å². The van der Waals surface area contributed by atoms with E-state index in [0.717, 1.165) is 0 Å². The molecule has 0 radical (unpaired) electrons. The third-order valence-electron chi connectivity index (χ3n) is 3.25. The van der Waals surface area contributed by atoms with E-state index >= 15 is 0 Å². The highest BCUT2D eigenvalue weighted by atomic mass is 79.9. The molecule has 0 saturated heterocycles. The highest BCUT2D eigenvalue weighted by molar-refractivity contribution is 9.10. The van der Waals surface area contributed by atoms with Crippen LogP contribution in [0, 0.1) is 22.0 Å². The van der Waals surface area contributed by atoms with Crippen molar-refractivity contribution in [1.82, 2.24) is 5.32 Å². The second kappa shape index (κ2) is 8.61. The number of nitrogens with one attached hydrogen (secondary N) is 1. The summed E-state index contributed by atoms with van der Waals surface area (Å²) in [5.74, 6) is -1.67. The lowest BCUT2D eigenvalue weighted by Crippen LogP contribution is -2.34. The molecule has 23 heavy (non-hydrogen) atoms. The number of carboxylic acids is 1. The molecular formula is C15H19BrN2O5. The zero-order chi connectivity index (χ0) is 17.6. The predicted octanol–water partition coefficient (Wildman–Crippen LogP) is 2.76. The summed E-state index contributed by atoms with van der Waals surface area (Å²) in [4.78, 5) is 33.2. The molecule has 8 heteroatoms. The quantitative estimate of drug-likeness (QED) is 0.527. The molecule has 0 bridgehead atoms. The van der Waals surface area contributed by atoms with E-state index in [1.165, 1.54) is 18.2 Å². The van der Waals surface area contributed by atoms with Crippen molar-refractivity contribution < 1.29 is 19.6 Å². The van der Waals surface area contributed by atoms with Gasteiger partial charge in [-0.3, -0.25) is 19.7 Å². The van der Waals surface area contributed by atoms with Crippen molar-refractivity contribution >= 4 is 33.5 Å². The lowest BCUT2D eigenvalue weighted by molar-refractivity contribution is -0.384. The number of carboxylic acid groups (broad SMARTS) is 1. The minimum absolute atomic E-state index is 0.0204. The second-order valence-electron chi connectivity index (χ2n) is 5.68. The maximum atomic E-state index is 11.9. The molecule has 0 heterocycles. The van der Waals surface area contributed by atoms with Crippen LogP contribution < -0.4 is 5.32 Å². The number of rotatable bonds is 8. The van der Waals surface area contributed by atoms with Gasteiger partial charge in [-0.25, -0.2) is 0 Å². The first-order valence-electron chi connectivity index (χ1n) is 7.13. The first-order valence-corrected chi connectivity index (χ1v) is 7.92. The van der Waals surface area contributed by atoms with Gasteiger partial charge in [0.05, 0.1) is 17.3 Å². The Balaban J connectivity index is 2.63. The highest BCUT2D eigenvalue weighted by Crippen LogP contribution is 2.23. The summed E-state index contributed by atoms with van der Waals surface area (Å²) >= 11 is 3.20. The van der Waals surface area contributed by atoms with Gasteiger partial charge in [0.1, 0.15) is 0 Å².